The van der Waals surface area contributed by atoms with Crippen LogP contribution in [-0.2, 0) is 9.53 Å². The lowest BCUT2D eigenvalue weighted by Gasteiger charge is -2.24. The van der Waals surface area contributed by atoms with E-state index in [0.717, 1.165) is 32.3 Å². The van der Waals surface area contributed by atoms with Gasteiger partial charge in [-0.3, -0.25) is 0 Å². The van der Waals surface area contributed by atoms with E-state index in [1.54, 1.807) is 0 Å². The lowest BCUT2D eigenvalue weighted by Crippen LogP contribution is -2.24. The van der Waals surface area contributed by atoms with Gasteiger partial charge >= 0.3 is 0 Å². The van der Waals surface area contributed by atoms with Crippen molar-refractivity contribution in [1.82, 2.24) is 0 Å². The summed E-state index contributed by atoms with van der Waals surface area (Å²) in [7, 11) is 0. The average molecular weight is 182 g/mol. The molecule has 1 saturated heterocycles. The van der Waals surface area contributed by atoms with Gasteiger partial charge in [-0.05, 0) is 32.1 Å². The normalized spacial score (nSPS) is 32.2. The van der Waals surface area contributed by atoms with E-state index in [9.17, 15) is 4.79 Å². The van der Waals surface area contributed by atoms with Crippen LogP contribution in [0.5, 0.6) is 0 Å². The minimum Gasteiger partial charge on any atom is -0.378 e. The van der Waals surface area contributed by atoms with E-state index in [-0.39, 0.29) is 5.41 Å². The van der Waals surface area contributed by atoms with E-state index in [1.165, 1.54) is 25.5 Å². The summed E-state index contributed by atoms with van der Waals surface area (Å²) in [6.07, 6.45) is 9.54. The highest BCUT2D eigenvalue weighted by Crippen LogP contribution is 2.41. The van der Waals surface area contributed by atoms with E-state index >= 15 is 0 Å². The van der Waals surface area contributed by atoms with Gasteiger partial charge in [0.15, 0.2) is 0 Å². The van der Waals surface area contributed by atoms with E-state index in [2.05, 4.69) is 0 Å². The van der Waals surface area contributed by atoms with Gasteiger partial charge in [-0.2, -0.15) is 0 Å². The summed E-state index contributed by atoms with van der Waals surface area (Å²) in [5.41, 5.74) is -0.00495. The van der Waals surface area contributed by atoms with Crippen molar-refractivity contribution in [2.45, 2.75) is 51.0 Å². The van der Waals surface area contributed by atoms with Crippen LogP contribution < -0.4 is 0 Å². The van der Waals surface area contributed by atoms with Gasteiger partial charge in [0.1, 0.15) is 6.29 Å². The zero-order chi connectivity index (χ0) is 9.15. The van der Waals surface area contributed by atoms with Gasteiger partial charge in [-0.1, -0.05) is 12.8 Å². The molecule has 0 N–H and O–H groups in total. The molecule has 0 aromatic carbocycles. The summed E-state index contributed by atoms with van der Waals surface area (Å²) < 4.78 is 5.58. The predicted octanol–water partition coefficient (Wildman–Crippen LogP) is 2.31. The number of ether oxygens (including phenoxy) is 1. The standard InChI is InChI=1S/C11H18O2/c12-9-11(5-1-2-6-11)8-10-4-3-7-13-10/h9-10H,1-8H2/t10-/m0/s1. The Morgan fingerprint density at radius 1 is 1.31 bits per heavy atom. The van der Waals surface area contributed by atoms with Gasteiger partial charge < -0.3 is 9.53 Å². The molecule has 2 heteroatoms. The lowest BCUT2D eigenvalue weighted by atomic mass is 9.82. The maximum Gasteiger partial charge on any atom is 0.126 e. The van der Waals surface area contributed by atoms with Gasteiger partial charge in [-0.15, -0.1) is 0 Å². The van der Waals surface area contributed by atoms with Gasteiger partial charge in [0, 0.05) is 12.0 Å². The predicted molar refractivity (Wildman–Crippen MR) is 50.6 cm³/mol. The Labute approximate surface area is 79.7 Å². The number of hydrogen-bond donors (Lipinski definition) is 0. The van der Waals surface area contributed by atoms with Crippen LogP contribution in [0.2, 0.25) is 0 Å². The van der Waals surface area contributed by atoms with Crippen LogP contribution >= 0.6 is 0 Å². The highest BCUT2D eigenvalue weighted by molar-refractivity contribution is 5.59. The Bertz CT molecular complexity index is 177. The zero-order valence-corrected chi connectivity index (χ0v) is 8.13. The summed E-state index contributed by atoms with van der Waals surface area (Å²) in [6.45, 7) is 0.902. The smallest absolute Gasteiger partial charge is 0.126 e. The largest absolute Gasteiger partial charge is 0.378 e. The molecule has 0 radical (unpaired) electrons. The monoisotopic (exact) mass is 182 g/mol. The van der Waals surface area contributed by atoms with Gasteiger partial charge in [0.25, 0.3) is 0 Å². The van der Waals surface area contributed by atoms with Crippen LogP contribution in [0, 0.1) is 5.41 Å². The summed E-state index contributed by atoms with van der Waals surface area (Å²) in [6, 6.07) is 0. The van der Waals surface area contributed by atoms with Gasteiger partial charge in [0.05, 0.1) is 6.10 Å². The molecular weight excluding hydrogens is 164 g/mol. The number of rotatable bonds is 3. The molecular formula is C11H18O2. The van der Waals surface area contributed by atoms with E-state index in [4.69, 9.17) is 4.74 Å². The molecule has 2 nitrogen and oxygen atoms in total. The Balaban J connectivity index is 1.92. The van der Waals surface area contributed by atoms with Crippen LogP contribution in [-0.4, -0.2) is 19.0 Å². The molecule has 1 heterocycles. The first-order valence-corrected chi connectivity index (χ1v) is 5.43. The van der Waals surface area contributed by atoms with E-state index in [1.807, 2.05) is 0 Å². The lowest BCUT2D eigenvalue weighted by molar-refractivity contribution is -0.117. The molecule has 74 valence electrons. The quantitative estimate of drug-likeness (QED) is 0.626. The van der Waals surface area contributed by atoms with Crippen LogP contribution in [0.3, 0.4) is 0 Å². The Morgan fingerprint density at radius 3 is 2.62 bits per heavy atom. The van der Waals surface area contributed by atoms with Crippen LogP contribution in [0.1, 0.15) is 44.9 Å². The fourth-order valence-corrected chi connectivity index (χ4v) is 2.71. The van der Waals surface area contributed by atoms with Crippen LogP contribution in [0.25, 0.3) is 0 Å². The average Bonchev–Trinajstić information content (AvgIpc) is 2.77. The molecule has 1 atom stereocenters. The van der Waals surface area contributed by atoms with E-state index < -0.39 is 0 Å². The first kappa shape index (κ1) is 9.20. The summed E-state index contributed by atoms with van der Waals surface area (Å²) in [4.78, 5) is 11.1. The molecule has 0 aromatic rings. The first-order chi connectivity index (χ1) is 6.35. The number of hydrogen-bond acceptors (Lipinski definition) is 2. The van der Waals surface area contributed by atoms with Crippen molar-refractivity contribution in [3.05, 3.63) is 0 Å². The molecule has 1 saturated carbocycles. The van der Waals surface area contributed by atoms with Crippen LogP contribution in [0.4, 0.5) is 0 Å². The second kappa shape index (κ2) is 3.79. The fourth-order valence-electron chi connectivity index (χ4n) is 2.71. The molecule has 0 aromatic heterocycles. The van der Waals surface area contributed by atoms with Crippen molar-refractivity contribution < 1.29 is 9.53 Å². The third-order valence-electron chi connectivity index (χ3n) is 3.51. The highest BCUT2D eigenvalue weighted by Gasteiger charge is 2.36. The molecule has 0 spiro atoms. The minimum absolute atomic E-state index is 0.00495. The molecule has 0 amide bonds. The number of carbonyl (C=O) groups is 1. The second-order valence-corrected chi connectivity index (χ2v) is 4.53. The van der Waals surface area contributed by atoms with Gasteiger partial charge in [-0.25, -0.2) is 0 Å². The van der Waals surface area contributed by atoms with Crippen LogP contribution in [0.15, 0.2) is 0 Å². The van der Waals surface area contributed by atoms with Crippen molar-refractivity contribution in [3.63, 3.8) is 0 Å². The molecule has 0 bridgehead atoms. The molecule has 1 aliphatic heterocycles. The van der Waals surface area contributed by atoms with Crippen molar-refractivity contribution in [2.75, 3.05) is 6.61 Å². The molecule has 1 aliphatic carbocycles. The Kier molecular flexibility index (Phi) is 2.68. The fraction of sp³-hybridized carbons (Fsp3) is 0.909. The summed E-state index contributed by atoms with van der Waals surface area (Å²) in [5.74, 6) is 0. The molecule has 2 fully saturated rings. The summed E-state index contributed by atoms with van der Waals surface area (Å²) >= 11 is 0. The topological polar surface area (TPSA) is 26.3 Å². The SMILES string of the molecule is O=CC1(C[C@@H]2CCCO2)CCCC1. The maximum absolute atomic E-state index is 11.1. The maximum atomic E-state index is 11.1. The van der Waals surface area contributed by atoms with Crippen molar-refractivity contribution in [3.8, 4) is 0 Å². The van der Waals surface area contributed by atoms with Crippen molar-refractivity contribution in [2.24, 2.45) is 5.41 Å². The van der Waals surface area contributed by atoms with Crippen molar-refractivity contribution >= 4 is 6.29 Å². The Morgan fingerprint density at radius 2 is 2.08 bits per heavy atom. The Hall–Kier alpha value is -0.370. The third kappa shape index (κ3) is 1.93. The third-order valence-corrected chi connectivity index (χ3v) is 3.51. The number of carbonyl (C=O) groups excluding carboxylic acids is 1. The second-order valence-electron chi connectivity index (χ2n) is 4.53. The molecule has 2 rings (SSSR count). The molecule has 13 heavy (non-hydrogen) atoms. The summed E-state index contributed by atoms with van der Waals surface area (Å²) in [5, 5.41) is 0. The minimum atomic E-state index is -0.00495. The molecule has 0 unspecified atom stereocenters. The molecule has 2 aliphatic rings. The number of aldehydes is 1. The van der Waals surface area contributed by atoms with E-state index in [0.29, 0.717) is 6.10 Å². The van der Waals surface area contributed by atoms with Gasteiger partial charge in [0.2, 0.25) is 0 Å². The zero-order valence-electron chi connectivity index (χ0n) is 8.13. The highest BCUT2D eigenvalue weighted by atomic mass is 16.5. The van der Waals surface area contributed by atoms with Crippen molar-refractivity contribution in [1.29, 1.82) is 0 Å². The first-order valence-electron chi connectivity index (χ1n) is 5.43.